The molecule has 0 saturated carbocycles. The van der Waals surface area contributed by atoms with Gasteiger partial charge in [-0.1, -0.05) is 25.8 Å². The molecule has 3 nitrogen and oxygen atoms in total. The van der Waals surface area contributed by atoms with Gasteiger partial charge in [-0.2, -0.15) is 8.42 Å². The summed E-state index contributed by atoms with van der Waals surface area (Å²) in [5.41, 5.74) is 0. The van der Waals surface area contributed by atoms with Gasteiger partial charge in [0.25, 0.3) is 10.1 Å². The van der Waals surface area contributed by atoms with Crippen molar-refractivity contribution in [3.63, 3.8) is 0 Å². The van der Waals surface area contributed by atoms with Crippen molar-refractivity contribution in [3.05, 3.63) is 12.7 Å². The first-order chi connectivity index (χ1) is 5.62. The fourth-order valence-corrected chi connectivity index (χ4v) is 1.72. The van der Waals surface area contributed by atoms with Gasteiger partial charge >= 0.3 is 29.6 Å². The van der Waals surface area contributed by atoms with Crippen LogP contribution in [0.2, 0.25) is 0 Å². The zero-order valence-electron chi connectivity index (χ0n) is 9.45. The number of hydrogen-bond donors (Lipinski definition) is 0. The summed E-state index contributed by atoms with van der Waals surface area (Å²) in [6.07, 6.45) is 4.04. The first-order valence-electron chi connectivity index (χ1n) is 4.10. The Balaban J connectivity index is -0.000000605. The first-order valence-corrected chi connectivity index (χ1v) is 5.68. The quantitative estimate of drug-likeness (QED) is 0.233. The molecule has 0 atom stereocenters. The molecule has 0 saturated heterocycles. The van der Waals surface area contributed by atoms with Crippen LogP contribution in [0.4, 0.5) is 0 Å². The Hall–Kier alpha value is 0.650. The Morgan fingerprint density at radius 2 is 2.08 bits per heavy atom. The zero-order valence-corrected chi connectivity index (χ0v) is 11.3. The second-order valence-electron chi connectivity index (χ2n) is 2.54. The fourth-order valence-electron chi connectivity index (χ4n) is 0.740. The Bertz CT molecular complexity index is 217. The van der Waals surface area contributed by atoms with Crippen LogP contribution >= 0.6 is 0 Å². The summed E-state index contributed by atoms with van der Waals surface area (Å²) in [4.78, 5) is 0. The number of hydrogen-bond acceptors (Lipinski definition) is 3. The van der Waals surface area contributed by atoms with Gasteiger partial charge in [-0.3, -0.25) is 4.18 Å². The third-order valence-electron chi connectivity index (χ3n) is 1.36. The van der Waals surface area contributed by atoms with E-state index in [1.54, 1.807) is 0 Å². The van der Waals surface area contributed by atoms with Crippen molar-refractivity contribution in [2.45, 2.75) is 26.2 Å². The minimum Gasteiger partial charge on any atom is -1.00 e. The van der Waals surface area contributed by atoms with Gasteiger partial charge < -0.3 is 1.43 Å². The first kappa shape index (κ1) is 16.1. The Morgan fingerprint density at radius 1 is 1.46 bits per heavy atom. The van der Waals surface area contributed by atoms with E-state index in [0.717, 1.165) is 12.8 Å². The largest absolute Gasteiger partial charge is 1.00 e. The van der Waals surface area contributed by atoms with Gasteiger partial charge in [0.2, 0.25) is 0 Å². The van der Waals surface area contributed by atoms with Crippen molar-refractivity contribution in [2.24, 2.45) is 0 Å². The average molecular weight is 216 g/mol. The van der Waals surface area contributed by atoms with E-state index in [2.05, 4.69) is 10.8 Å². The predicted octanol–water partition coefficient (Wildman–Crippen LogP) is -1.17. The van der Waals surface area contributed by atoms with Crippen molar-refractivity contribution in [1.82, 2.24) is 0 Å². The van der Waals surface area contributed by atoms with Crippen LogP contribution in [0.15, 0.2) is 12.7 Å². The third kappa shape index (κ3) is 10.6. The van der Waals surface area contributed by atoms with Gasteiger partial charge in [0.1, 0.15) is 0 Å². The summed E-state index contributed by atoms with van der Waals surface area (Å²) in [6.45, 7) is 5.47. The van der Waals surface area contributed by atoms with E-state index in [9.17, 15) is 8.42 Å². The summed E-state index contributed by atoms with van der Waals surface area (Å²) < 4.78 is 26.6. The molecule has 0 bridgehead atoms. The standard InChI is InChI=1S/C8H16O3S.Na.H/c1-3-5-6-8-12(9,10)11-7-4-2;;/h4H,2-3,5-8H2,1H3;;/q;+1;-1. The van der Waals surface area contributed by atoms with E-state index < -0.39 is 10.1 Å². The molecule has 0 spiro atoms. The van der Waals surface area contributed by atoms with E-state index in [0.29, 0.717) is 6.42 Å². The molecule has 5 heteroatoms. The van der Waals surface area contributed by atoms with Gasteiger partial charge in [0, 0.05) is 0 Å². The van der Waals surface area contributed by atoms with Gasteiger partial charge in [0.15, 0.2) is 0 Å². The van der Waals surface area contributed by atoms with E-state index >= 15 is 0 Å². The zero-order chi connectivity index (χ0) is 9.45. The van der Waals surface area contributed by atoms with Crippen LogP contribution in [0.3, 0.4) is 0 Å². The Morgan fingerprint density at radius 3 is 2.54 bits per heavy atom. The van der Waals surface area contributed by atoms with Crippen LogP contribution in [-0.2, 0) is 14.3 Å². The van der Waals surface area contributed by atoms with E-state index in [1.807, 2.05) is 6.92 Å². The molecule has 0 radical (unpaired) electrons. The third-order valence-corrected chi connectivity index (χ3v) is 2.65. The molecule has 0 N–H and O–H groups in total. The minimum atomic E-state index is -3.29. The molecule has 0 aliphatic carbocycles. The van der Waals surface area contributed by atoms with Gasteiger partial charge in [-0.05, 0) is 6.42 Å². The van der Waals surface area contributed by atoms with Crippen molar-refractivity contribution in [3.8, 4) is 0 Å². The van der Waals surface area contributed by atoms with Crippen LogP contribution in [0.25, 0.3) is 0 Å². The summed E-state index contributed by atoms with van der Waals surface area (Å²) in [5.74, 6) is 0.120. The summed E-state index contributed by atoms with van der Waals surface area (Å²) >= 11 is 0. The molecule has 0 aliphatic heterocycles. The molecule has 0 unspecified atom stereocenters. The predicted molar refractivity (Wildman–Crippen MR) is 50.6 cm³/mol. The van der Waals surface area contributed by atoms with Crippen LogP contribution in [0.1, 0.15) is 27.6 Å². The molecule has 74 valence electrons. The van der Waals surface area contributed by atoms with E-state index in [4.69, 9.17) is 0 Å². The molecule has 0 fully saturated rings. The average Bonchev–Trinajstić information content (AvgIpc) is 2.01. The minimum absolute atomic E-state index is 0. The molecule has 13 heavy (non-hydrogen) atoms. The van der Waals surface area contributed by atoms with E-state index in [-0.39, 0.29) is 43.3 Å². The van der Waals surface area contributed by atoms with Crippen molar-refractivity contribution in [1.29, 1.82) is 0 Å². The molecule has 0 heterocycles. The van der Waals surface area contributed by atoms with Crippen molar-refractivity contribution < 1.29 is 43.6 Å². The monoisotopic (exact) mass is 216 g/mol. The molecular weight excluding hydrogens is 199 g/mol. The van der Waals surface area contributed by atoms with Crippen molar-refractivity contribution in [2.75, 3.05) is 12.4 Å². The van der Waals surface area contributed by atoms with Crippen LogP contribution in [0.5, 0.6) is 0 Å². The van der Waals surface area contributed by atoms with Crippen LogP contribution in [-0.4, -0.2) is 20.8 Å². The summed E-state index contributed by atoms with van der Waals surface area (Å²) in [5, 5.41) is 0. The second-order valence-corrected chi connectivity index (χ2v) is 4.30. The normalized spacial score (nSPS) is 10.5. The molecule has 0 aromatic carbocycles. The number of unbranched alkanes of at least 4 members (excludes halogenated alkanes) is 2. The second kappa shape index (κ2) is 9.21. The molecule has 0 aromatic rings. The Kier molecular flexibility index (Phi) is 11.4. The molecule has 0 aliphatic rings. The van der Waals surface area contributed by atoms with Gasteiger partial charge in [-0.15, -0.1) is 6.58 Å². The SMILES string of the molecule is C=CCOS(=O)(=O)CCCCC.[H-].[Na+]. The van der Waals surface area contributed by atoms with Gasteiger partial charge in [-0.25, -0.2) is 0 Å². The Labute approximate surface area is 104 Å². The fraction of sp³-hybridized carbons (Fsp3) is 0.750. The maximum absolute atomic E-state index is 11.0. The van der Waals surface area contributed by atoms with Crippen LogP contribution < -0.4 is 29.6 Å². The molecule has 0 rings (SSSR count). The number of rotatable bonds is 7. The molecule has 0 amide bonds. The maximum Gasteiger partial charge on any atom is 1.00 e. The van der Waals surface area contributed by atoms with Crippen molar-refractivity contribution >= 4 is 10.1 Å². The molecule has 0 aromatic heterocycles. The van der Waals surface area contributed by atoms with E-state index in [1.165, 1.54) is 6.08 Å². The summed E-state index contributed by atoms with van der Waals surface area (Å²) in [7, 11) is -3.29. The smallest absolute Gasteiger partial charge is 1.00 e. The van der Waals surface area contributed by atoms with Crippen LogP contribution in [0, 0.1) is 0 Å². The topological polar surface area (TPSA) is 43.4 Å². The molecular formula is C8H17NaO3S. The maximum atomic E-state index is 11.0. The summed E-state index contributed by atoms with van der Waals surface area (Å²) in [6, 6.07) is 0. The van der Waals surface area contributed by atoms with Gasteiger partial charge in [0.05, 0.1) is 12.4 Å².